The molecule has 90 valence electrons. The highest BCUT2D eigenvalue weighted by Gasteiger charge is 2.15. The predicted octanol–water partition coefficient (Wildman–Crippen LogP) is 4.26. The summed E-state index contributed by atoms with van der Waals surface area (Å²) in [6.07, 6.45) is 1.42. The van der Waals surface area contributed by atoms with Gasteiger partial charge >= 0.3 is 0 Å². The average molecular weight is 260 g/mol. The van der Waals surface area contributed by atoms with Crippen LogP contribution in [0.5, 0.6) is 0 Å². The maximum absolute atomic E-state index is 13.5. The van der Waals surface area contributed by atoms with E-state index in [0.717, 1.165) is 6.42 Å². The molecule has 17 heavy (non-hydrogen) atoms. The number of hydrogen-bond acceptors (Lipinski definition) is 1. The first-order valence-corrected chi connectivity index (χ1v) is 5.55. The number of fused-ring (bicyclic) bond motifs is 1. The lowest BCUT2D eigenvalue weighted by Crippen LogP contribution is -1.97. The van der Waals surface area contributed by atoms with E-state index in [1.54, 1.807) is 0 Å². The first-order valence-electron chi connectivity index (χ1n) is 5.17. The topological polar surface area (TPSA) is 12.9 Å². The highest BCUT2D eigenvalue weighted by molar-refractivity contribution is 6.30. The fourth-order valence-corrected chi connectivity index (χ4v) is 1.93. The molecular formula is C12H9ClF3N. The van der Waals surface area contributed by atoms with Crippen molar-refractivity contribution in [2.75, 3.05) is 0 Å². The van der Waals surface area contributed by atoms with Gasteiger partial charge in [-0.15, -0.1) is 0 Å². The molecule has 0 amide bonds. The SMILES string of the molecule is CCCc1cc2c(F)cc(F)c(F)c2nc1Cl. The zero-order chi connectivity index (χ0) is 12.6. The van der Waals surface area contributed by atoms with Crippen molar-refractivity contribution in [2.45, 2.75) is 19.8 Å². The standard InChI is InChI=1S/C12H9ClF3N/c1-2-3-6-4-7-8(14)5-9(15)10(16)11(7)17-12(6)13/h4-5H,2-3H2,1H3. The highest BCUT2D eigenvalue weighted by Crippen LogP contribution is 2.27. The monoisotopic (exact) mass is 259 g/mol. The number of halogens is 4. The lowest BCUT2D eigenvalue weighted by atomic mass is 10.1. The summed E-state index contributed by atoms with van der Waals surface area (Å²) >= 11 is 5.84. The van der Waals surface area contributed by atoms with Crippen molar-refractivity contribution >= 4 is 22.5 Å². The first-order chi connectivity index (χ1) is 8.04. The second kappa shape index (κ2) is 4.53. The molecule has 0 saturated carbocycles. The maximum Gasteiger partial charge on any atom is 0.185 e. The Kier molecular flexibility index (Phi) is 3.24. The molecule has 0 aliphatic carbocycles. The van der Waals surface area contributed by atoms with E-state index in [1.807, 2.05) is 6.92 Å². The van der Waals surface area contributed by atoms with Crippen molar-refractivity contribution in [3.63, 3.8) is 0 Å². The molecule has 0 bridgehead atoms. The Morgan fingerprint density at radius 2 is 1.88 bits per heavy atom. The molecule has 1 aromatic carbocycles. The van der Waals surface area contributed by atoms with Crippen LogP contribution in [0.2, 0.25) is 5.15 Å². The third-order valence-corrected chi connectivity index (χ3v) is 2.82. The Labute approximate surface area is 101 Å². The molecule has 0 N–H and O–H groups in total. The van der Waals surface area contributed by atoms with Crippen molar-refractivity contribution in [1.29, 1.82) is 0 Å². The van der Waals surface area contributed by atoms with E-state index >= 15 is 0 Å². The van der Waals surface area contributed by atoms with E-state index in [-0.39, 0.29) is 16.1 Å². The van der Waals surface area contributed by atoms with Crippen LogP contribution in [0.4, 0.5) is 13.2 Å². The molecule has 0 spiro atoms. The van der Waals surface area contributed by atoms with Crippen molar-refractivity contribution in [1.82, 2.24) is 4.98 Å². The third kappa shape index (κ3) is 2.09. The largest absolute Gasteiger partial charge is 0.232 e. The van der Waals surface area contributed by atoms with Crippen molar-refractivity contribution < 1.29 is 13.2 Å². The Morgan fingerprint density at radius 1 is 1.18 bits per heavy atom. The average Bonchev–Trinajstić information content (AvgIpc) is 2.28. The zero-order valence-electron chi connectivity index (χ0n) is 9.03. The van der Waals surface area contributed by atoms with Crippen molar-refractivity contribution in [3.8, 4) is 0 Å². The Bertz CT molecular complexity index is 584. The minimum atomic E-state index is -1.26. The molecule has 0 unspecified atom stereocenters. The summed E-state index contributed by atoms with van der Waals surface area (Å²) in [6, 6.07) is 1.94. The van der Waals surface area contributed by atoms with E-state index in [0.29, 0.717) is 18.1 Å². The van der Waals surface area contributed by atoms with E-state index < -0.39 is 17.5 Å². The third-order valence-electron chi connectivity index (χ3n) is 2.50. The number of hydrogen-bond donors (Lipinski definition) is 0. The molecule has 2 aromatic rings. The van der Waals surface area contributed by atoms with Gasteiger partial charge in [0.2, 0.25) is 0 Å². The highest BCUT2D eigenvalue weighted by atomic mass is 35.5. The molecule has 1 aromatic heterocycles. The Morgan fingerprint density at radius 3 is 2.53 bits per heavy atom. The van der Waals surface area contributed by atoms with Crippen LogP contribution in [-0.2, 0) is 6.42 Å². The van der Waals surface area contributed by atoms with Gasteiger partial charge in [-0.3, -0.25) is 0 Å². The summed E-state index contributed by atoms with van der Waals surface area (Å²) in [7, 11) is 0. The number of aryl methyl sites for hydroxylation is 1. The normalized spacial score (nSPS) is 11.1. The van der Waals surface area contributed by atoms with E-state index in [9.17, 15) is 13.2 Å². The second-order valence-electron chi connectivity index (χ2n) is 3.74. The van der Waals surface area contributed by atoms with E-state index in [2.05, 4.69) is 4.98 Å². The first kappa shape index (κ1) is 12.2. The van der Waals surface area contributed by atoms with Gasteiger partial charge in [0.1, 0.15) is 16.5 Å². The molecule has 0 radical (unpaired) electrons. The predicted molar refractivity (Wildman–Crippen MR) is 60.6 cm³/mol. The van der Waals surface area contributed by atoms with Gasteiger partial charge in [-0.2, -0.15) is 0 Å². The van der Waals surface area contributed by atoms with Gasteiger partial charge in [0.15, 0.2) is 11.6 Å². The Balaban J connectivity index is 2.78. The van der Waals surface area contributed by atoms with Crippen LogP contribution in [0.1, 0.15) is 18.9 Å². The molecule has 0 aliphatic heterocycles. The van der Waals surface area contributed by atoms with Gasteiger partial charge in [-0.25, -0.2) is 18.2 Å². The van der Waals surface area contributed by atoms with Crippen LogP contribution in [0.15, 0.2) is 12.1 Å². The summed E-state index contributed by atoms with van der Waals surface area (Å²) in [5, 5.41) is 0.0417. The van der Waals surface area contributed by atoms with Crippen molar-refractivity contribution in [3.05, 3.63) is 40.3 Å². The fraction of sp³-hybridized carbons (Fsp3) is 0.250. The molecule has 1 heterocycles. The molecule has 0 saturated heterocycles. The van der Waals surface area contributed by atoms with Gasteiger partial charge in [0, 0.05) is 11.5 Å². The molecule has 0 aliphatic rings. The summed E-state index contributed by atoms with van der Waals surface area (Å²) in [4.78, 5) is 3.73. The van der Waals surface area contributed by atoms with Gasteiger partial charge in [0.05, 0.1) is 0 Å². The molecule has 1 nitrogen and oxygen atoms in total. The van der Waals surface area contributed by atoms with Crippen LogP contribution < -0.4 is 0 Å². The minimum Gasteiger partial charge on any atom is -0.232 e. The lowest BCUT2D eigenvalue weighted by Gasteiger charge is -2.07. The summed E-state index contributed by atoms with van der Waals surface area (Å²) < 4.78 is 39.9. The molecule has 5 heteroatoms. The Hall–Kier alpha value is -1.29. The second-order valence-corrected chi connectivity index (χ2v) is 4.10. The summed E-state index contributed by atoms with van der Waals surface area (Å²) in [5.74, 6) is -3.27. The van der Waals surface area contributed by atoms with Crippen LogP contribution >= 0.6 is 11.6 Å². The zero-order valence-corrected chi connectivity index (χ0v) is 9.78. The smallest absolute Gasteiger partial charge is 0.185 e. The van der Waals surface area contributed by atoms with Gasteiger partial charge < -0.3 is 0 Å². The number of nitrogens with zero attached hydrogens (tertiary/aromatic N) is 1. The minimum absolute atomic E-state index is 0.0447. The van der Waals surface area contributed by atoms with E-state index in [1.165, 1.54) is 6.07 Å². The van der Waals surface area contributed by atoms with Crippen LogP contribution in [0.25, 0.3) is 10.9 Å². The van der Waals surface area contributed by atoms with Crippen LogP contribution in [-0.4, -0.2) is 4.98 Å². The van der Waals surface area contributed by atoms with Gasteiger partial charge in [-0.1, -0.05) is 24.9 Å². The summed E-state index contributed by atoms with van der Waals surface area (Å²) in [5.41, 5.74) is 0.263. The molecule has 0 fully saturated rings. The van der Waals surface area contributed by atoms with Gasteiger partial charge in [0.25, 0.3) is 0 Å². The number of rotatable bonds is 2. The molecule has 0 atom stereocenters. The molecular weight excluding hydrogens is 251 g/mol. The number of pyridine rings is 1. The van der Waals surface area contributed by atoms with E-state index in [4.69, 9.17) is 11.6 Å². The number of benzene rings is 1. The molecule has 2 rings (SSSR count). The lowest BCUT2D eigenvalue weighted by molar-refractivity contribution is 0.504. The van der Waals surface area contributed by atoms with Crippen LogP contribution in [0, 0.1) is 17.5 Å². The quantitative estimate of drug-likeness (QED) is 0.580. The van der Waals surface area contributed by atoms with Gasteiger partial charge in [-0.05, 0) is 18.1 Å². The maximum atomic E-state index is 13.5. The summed E-state index contributed by atoms with van der Waals surface area (Å²) in [6.45, 7) is 1.93. The van der Waals surface area contributed by atoms with Crippen LogP contribution in [0.3, 0.4) is 0 Å². The van der Waals surface area contributed by atoms with Crippen molar-refractivity contribution in [2.24, 2.45) is 0 Å². The number of aromatic nitrogens is 1. The fourth-order valence-electron chi connectivity index (χ4n) is 1.69.